The van der Waals surface area contributed by atoms with Gasteiger partial charge >= 0.3 is 35.8 Å². The molecule has 14 heteroatoms. The predicted octanol–water partition coefficient (Wildman–Crippen LogP) is 3.22. The van der Waals surface area contributed by atoms with Gasteiger partial charge in [-0.2, -0.15) is 0 Å². The molecule has 0 radical (unpaired) electrons. The summed E-state index contributed by atoms with van der Waals surface area (Å²) in [5, 5.41) is 12.0. The molecule has 0 aromatic heterocycles. The van der Waals surface area contributed by atoms with E-state index in [0.29, 0.717) is 0 Å². The maximum absolute atomic E-state index is 14.8. The minimum absolute atomic E-state index is 0.0991. The zero-order valence-corrected chi connectivity index (χ0v) is 30.2. The quantitative estimate of drug-likeness (QED) is 0.246. The van der Waals surface area contributed by atoms with Crippen LogP contribution in [0.2, 0.25) is 0 Å². The first-order chi connectivity index (χ1) is 23.6. The molecule has 0 unspecified atom stereocenters. The highest BCUT2D eigenvalue weighted by Gasteiger charge is 2.70. The van der Waals surface area contributed by atoms with Crippen molar-refractivity contribution in [1.82, 2.24) is 0 Å². The molecule has 1 N–H and O–H groups in total. The number of hydrogen-bond acceptors (Lipinski definition) is 14. The summed E-state index contributed by atoms with van der Waals surface area (Å²) in [5.74, 6) is -10.4. The number of rotatable bonds is 7. The number of aliphatic hydroxyl groups excluding tert-OH is 1. The molecule has 0 saturated heterocycles. The number of carbonyl (C=O) groups is 7. The van der Waals surface area contributed by atoms with E-state index in [0.717, 1.165) is 34.6 Å². The summed E-state index contributed by atoms with van der Waals surface area (Å²) in [6.45, 7) is 15.5. The Labute approximate surface area is 296 Å². The highest BCUT2D eigenvalue weighted by molar-refractivity contribution is 5.95. The second-order valence-electron chi connectivity index (χ2n) is 13.5. The number of allylic oxidation sites excluding steroid dienone is 1. The molecule has 3 rings (SSSR count). The first-order valence-electron chi connectivity index (χ1n) is 16.4. The van der Waals surface area contributed by atoms with Crippen molar-refractivity contribution in [1.29, 1.82) is 0 Å². The Morgan fingerprint density at radius 1 is 0.725 bits per heavy atom. The Hall–Kier alpha value is -4.85. The minimum atomic E-state index is -2.56. The van der Waals surface area contributed by atoms with Crippen LogP contribution in [0.4, 0.5) is 0 Å². The normalized spacial score (nSPS) is 32.5. The first kappa shape index (κ1) is 40.6. The third-order valence-electron chi connectivity index (χ3n) is 9.05. The molecule has 51 heavy (non-hydrogen) atoms. The summed E-state index contributed by atoms with van der Waals surface area (Å²) >= 11 is 0. The lowest BCUT2D eigenvalue weighted by Crippen LogP contribution is -2.62. The van der Waals surface area contributed by atoms with E-state index < -0.39 is 107 Å². The first-order valence-corrected chi connectivity index (χ1v) is 16.4. The van der Waals surface area contributed by atoms with Crippen molar-refractivity contribution in [2.24, 2.45) is 23.2 Å². The van der Waals surface area contributed by atoms with E-state index in [1.54, 1.807) is 32.0 Å². The maximum atomic E-state index is 14.8. The van der Waals surface area contributed by atoms with E-state index in [9.17, 15) is 38.7 Å². The number of Topliss-reactive ketones (excluding diaryl/α,β-unsaturated/α-hetero) is 1. The molecule has 0 amide bonds. The molecule has 0 aliphatic heterocycles. The topological polar surface area (TPSA) is 195 Å². The summed E-state index contributed by atoms with van der Waals surface area (Å²) in [6.07, 6.45) is -7.13. The van der Waals surface area contributed by atoms with Crippen LogP contribution in [0.5, 0.6) is 0 Å². The van der Waals surface area contributed by atoms with Crippen LogP contribution in [-0.4, -0.2) is 88.9 Å². The van der Waals surface area contributed by atoms with Crippen molar-refractivity contribution in [2.45, 2.75) is 105 Å². The highest BCUT2D eigenvalue weighted by Crippen LogP contribution is 2.51. The fraction of sp³-hybridized carbons (Fsp3) is 0.541. The van der Waals surface area contributed by atoms with Gasteiger partial charge in [-0.3, -0.25) is 28.8 Å². The summed E-state index contributed by atoms with van der Waals surface area (Å²) < 4.78 is 34.7. The van der Waals surface area contributed by atoms with Gasteiger partial charge in [0.05, 0.1) is 11.5 Å². The average molecular weight is 715 g/mol. The number of aliphatic hydroxyl groups is 1. The second kappa shape index (κ2) is 16.0. The number of benzene rings is 1. The van der Waals surface area contributed by atoms with Crippen molar-refractivity contribution in [3.05, 3.63) is 60.2 Å². The molecule has 0 spiro atoms. The standard InChI is InChI=1S/C37H46O14/c1-18-16-17-36(9,10)34(49-24(7)41)31(48-23(6)40)30(47-22(5)39)19(2)28(46-21(4)38)27-29(50-35(45)26-14-12-11-13-15-26)20(3)33(44)37(27,32(18)43)51-25(8)42/h11-18,20,27-31,33-34,44H,2H2,1,3-10H3/b17-16+/t18-,20+,27-,28-,29-,30-,31+,33+,34+,37+/m0/s1. The fourth-order valence-corrected chi connectivity index (χ4v) is 6.89. The van der Waals surface area contributed by atoms with Crippen molar-refractivity contribution in [3.63, 3.8) is 0 Å². The van der Waals surface area contributed by atoms with Crippen LogP contribution in [0.25, 0.3) is 0 Å². The number of hydrogen-bond donors (Lipinski definition) is 1. The Kier molecular flexibility index (Phi) is 12.7. The Morgan fingerprint density at radius 2 is 1.25 bits per heavy atom. The van der Waals surface area contributed by atoms with E-state index in [-0.39, 0.29) is 11.1 Å². The van der Waals surface area contributed by atoms with Crippen LogP contribution in [0.1, 0.15) is 72.7 Å². The van der Waals surface area contributed by atoms with E-state index in [4.69, 9.17) is 28.4 Å². The van der Waals surface area contributed by atoms with Gasteiger partial charge in [0.2, 0.25) is 5.60 Å². The van der Waals surface area contributed by atoms with Crippen LogP contribution in [-0.2, 0) is 57.2 Å². The molecular formula is C37H46O14. The van der Waals surface area contributed by atoms with Crippen LogP contribution in [0.3, 0.4) is 0 Å². The minimum Gasteiger partial charge on any atom is -0.458 e. The van der Waals surface area contributed by atoms with Crippen LogP contribution < -0.4 is 0 Å². The monoisotopic (exact) mass is 714 g/mol. The van der Waals surface area contributed by atoms with E-state index >= 15 is 0 Å². The van der Waals surface area contributed by atoms with Crippen LogP contribution >= 0.6 is 0 Å². The predicted molar refractivity (Wildman–Crippen MR) is 177 cm³/mol. The molecular weight excluding hydrogens is 668 g/mol. The van der Waals surface area contributed by atoms with Crippen molar-refractivity contribution >= 4 is 41.6 Å². The number of carbonyl (C=O) groups excluding carboxylic acids is 7. The molecule has 278 valence electrons. The lowest BCUT2D eigenvalue weighted by molar-refractivity contribution is -0.198. The Morgan fingerprint density at radius 3 is 1.76 bits per heavy atom. The van der Waals surface area contributed by atoms with Crippen molar-refractivity contribution in [3.8, 4) is 0 Å². The van der Waals surface area contributed by atoms with E-state index in [2.05, 4.69) is 6.58 Å². The summed E-state index contributed by atoms with van der Waals surface area (Å²) in [6, 6.07) is 7.78. The number of ketones is 1. The van der Waals surface area contributed by atoms with Gasteiger partial charge in [0, 0.05) is 57.4 Å². The smallest absolute Gasteiger partial charge is 0.338 e. The molecule has 1 saturated carbocycles. The number of esters is 6. The zero-order chi connectivity index (χ0) is 38.6. The number of fused-ring (bicyclic) bond motifs is 1. The average Bonchev–Trinajstić information content (AvgIpc) is 3.23. The van der Waals surface area contributed by atoms with Crippen LogP contribution in [0.15, 0.2) is 54.6 Å². The molecule has 0 heterocycles. The van der Waals surface area contributed by atoms with E-state index in [1.165, 1.54) is 38.1 Å². The number of ether oxygens (including phenoxy) is 6. The van der Waals surface area contributed by atoms with Gasteiger partial charge in [-0.25, -0.2) is 4.79 Å². The van der Waals surface area contributed by atoms with E-state index in [1.807, 2.05) is 0 Å². The molecule has 0 bridgehead atoms. The highest BCUT2D eigenvalue weighted by atomic mass is 16.6. The Balaban J connectivity index is 2.51. The molecule has 2 aliphatic carbocycles. The van der Waals surface area contributed by atoms with Gasteiger partial charge in [-0.05, 0) is 12.1 Å². The zero-order valence-electron chi connectivity index (χ0n) is 30.2. The van der Waals surface area contributed by atoms with Gasteiger partial charge < -0.3 is 33.5 Å². The lowest BCUT2D eigenvalue weighted by atomic mass is 9.71. The van der Waals surface area contributed by atoms with Gasteiger partial charge in [0.15, 0.2) is 24.1 Å². The largest absolute Gasteiger partial charge is 0.458 e. The van der Waals surface area contributed by atoms with Crippen molar-refractivity contribution < 1.29 is 67.1 Å². The second-order valence-corrected chi connectivity index (χ2v) is 13.5. The van der Waals surface area contributed by atoms with Gasteiger partial charge in [0.25, 0.3) is 0 Å². The van der Waals surface area contributed by atoms with Crippen molar-refractivity contribution in [2.75, 3.05) is 0 Å². The lowest BCUT2D eigenvalue weighted by Gasteiger charge is -2.45. The van der Waals surface area contributed by atoms with Gasteiger partial charge in [-0.15, -0.1) is 0 Å². The van der Waals surface area contributed by atoms with Gasteiger partial charge in [0.1, 0.15) is 18.3 Å². The SMILES string of the molecule is C=C1[C@H](OC(C)=O)[C@@H](OC(C)=O)[C@@H](OC(C)=O)C(C)(C)/C=C/[C@H](C)C(=O)[C@]2(OC(C)=O)[C@H]([C@@H](OC(=O)c3ccccc3)[C@@H](C)[C@H]2O)[C@H]1OC(C)=O. The summed E-state index contributed by atoms with van der Waals surface area (Å²) in [7, 11) is 0. The van der Waals surface area contributed by atoms with Gasteiger partial charge in [-0.1, -0.05) is 64.6 Å². The summed E-state index contributed by atoms with van der Waals surface area (Å²) in [4.78, 5) is 92.1. The molecule has 10 atom stereocenters. The molecule has 1 aromatic rings. The Bertz CT molecular complexity index is 1580. The maximum Gasteiger partial charge on any atom is 0.338 e. The molecule has 1 aromatic carbocycles. The van der Waals surface area contributed by atoms with Crippen LogP contribution in [0, 0.1) is 23.2 Å². The summed E-state index contributed by atoms with van der Waals surface area (Å²) in [5.41, 5.74) is -4.08. The molecule has 2 aliphatic rings. The third-order valence-corrected chi connectivity index (χ3v) is 9.05. The fourth-order valence-electron chi connectivity index (χ4n) is 6.89. The molecule has 14 nitrogen and oxygen atoms in total. The molecule has 1 fully saturated rings. The third kappa shape index (κ3) is 8.73.